The van der Waals surface area contributed by atoms with E-state index in [0.29, 0.717) is 6.54 Å². The van der Waals surface area contributed by atoms with Gasteiger partial charge < -0.3 is 9.73 Å². The van der Waals surface area contributed by atoms with Crippen LogP contribution in [0.3, 0.4) is 0 Å². The van der Waals surface area contributed by atoms with Gasteiger partial charge in [-0.1, -0.05) is 0 Å². The van der Waals surface area contributed by atoms with Gasteiger partial charge in [0.1, 0.15) is 5.76 Å². The quantitative estimate of drug-likeness (QED) is 0.767. The first-order valence-corrected chi connectivity index (χ1v) is 7.17. The van der Waals surface area contributed by atoms with E-state index in [9.17, 15) is 0 Å². The van der Waals surface area contributed by atoms with Crippen molar-refractivity contribution in [1.29, 1.82) is 0 Å². The van der Waals surface area contributed by atoms with Crippen molar-refractivity contribution in [2.24, 2.45) is 0 Å². The van der Waals surface area contributed by atoms with E-state index in [1.807, 2.05) is 31.2 Å². The normalized spacial score (nSPS) is 11.0. The molecule has 0 saturated heterocycles. The van der Waals surface area contributed by atoms with Crippen molar-refractivity contribution in [3.05, 3.63) is 45.8 Å². The van der Waals surface area contributed by atoms with E-state index in [-0.39, 0.29) is 0 Å². The molecule has 0 bridgehead atoms. The fourth-order valence-electron chi connectivity index (χ4n) is 1.79. The molecule has 5 heteroatoms. The Bertz CT molecular complexity index is 689. The number of fused-ring (bicyclic) bond motifs is 1. The molecule has 3 aromatic rings. The van der Waals surface area contributed by atoms with Gasteiger partial charge in [-0.25, -0.2) is 4.98 Å². The van der Waals surface area contributed by atoms with Gasteiger partial charge >= 0.3 is 0 Å². The Morgan fingerprint density at radius 3 is 3.00 bits per heavy atom. The summed E-state index contributed by atoms with van der Waals surface area (Å²) >= 11 is 5.00. The Balaban J connectivity index is 1.78. The Morgan fingerprint density at radius 2 is 2.22 bits per heavy atom. The maximum Gasteiger partial charge on any atom is 0.169 e. The average molecular weight is 323 g/mol. The highest BCUT2D eigenvalue weighted by Gasteiger charge is 2.03. The van der Waals surface area contributed by atoms with Gasteiger partial charge in [-0.05, 0) is 53.2 Å². The topological polar surface area (TPSA) is 38.1 Å². The molecular weight excluding hydrogens is 312 g/mol. The maximum absolute atomic E-state index is 5.44. The van der Waals surface area contributed by atoms with Gasteiger partial charge in [0.05, 0.1) is 21.8 Å². The van der Waals surface area contributed by atoms with Crippen molar-refractivity contribution in [3.8, 4) is 0 Å². The Hall–Kier alpha value is -1.33. The fourth-order valence-corrected chi connectivity index (χ4v) is 2.99. The number of anilines is 1. The second-order valence-electron chi connectivity index (χ2n) is 3.97. The van der Waals surface area contributed by atoms with Gasteiger partial charge in [0.25, 0.3) is 0 Å². The van der Waals surface area contributed by atoms with Gasteiger partial charge in [0.15, 0.2) is 4.67 Å². The Morgan fingerprint density at radius 1 is 1.33 bits per heavy atom. The second kappa shape index (κ2) is 4.74. The number of halogens is 1. The van der Waals surface area contributed by atoms with Crippen LogP contribution < -0.4 is 5.32 Å². The van der Waals surface area contributed by atoms with E-state index in [1.54, 1.807) is 11.3 Å². The molecule has 2 heterocycles. The monoisotopic (exact) mass is 322 g/mol. The van der Waals surface area contributed by atoms with Crippen LogP contribution in [0.25, 0.3) is 10.2 Å². The first-order valence-electron chi connectivity index (χ1n) is 5.56. The van der Waals surface area contributed by atoms with Gasteiger partial charge in [0.2, 0.25) is 0 Å². The molecule has 92 valence electrons. The second-order valence-corrected chi connectivity index (χ2v) is 5.99. The summed E-state index contributed by atoms with van der Waals surface area (Å²) in [6, 6.07) is 10.1. The molecule has 3 rings (SSSR count). The van der Waals surface area contributed by atoms with E-state index in [2.05, 4.69) is 32.3 Å². The van der Waals surface area contributed by atoms with Crippen LogP contribution in [0.2, 0.25) is 0 Å². The van der Waals surface area contributed by atoms with Crippen LogP contribution in [0.1, 0.15) is 10.8 Å². The molecule has 0 aliphatic heterocycles. The first kappa shape index (κ1) is 11.7. The van der Waals surface area contributed by atoms with E-state index in [1.165, 1.54) is 4.70 Å². The third-order valence-electron chi connectivity index (χ3n) is 2.59. The molecule has 0 unspecified atom stereocenters. The molecule has 0 aliphatic rings. The van der Waals surface area contributed by atoms with Crippen LogP contribution in [0, 0.1) is 6.92 Å². The van der Waals surface area contributed by atoms with E-state index >= 15 is 0 Å². The van der Waals surface area contributed by atoms with Gasteiger partial charge in [0, 0.05) is 5.69 Å². The standard InChI is InChI=1S/C13H11BrN2OS/c1-8-16-11-4-2-9(6-12(11)18-8)15-7-10-3-5-13(14)17-10/h2-6,15H,7H2,1H3. The summed E-state index contributed by atoms with van der Waals surface area (Å²) in [5.41, 5.74) is 2.14. The van der Waals surface area contributed by atoms with E-state index < -0.39 is 0 Å². The average Bonchev–Trinajstić information content (AvgIpc) is 2.90. The third-order valence-corrected chi connectivity index (χ3v) is 3.95. The van der Waals surface area contributed by atoms with Crippen molar-refractivity contribution in [1.82, 2.24) is 4.98 Å². The summed E-state index contributed by atoms with van der Waals surface area (Å²) in [6.07, 6.45) is 0. The first-order chi connectivity index (χ1) is 8.70. The highest BCUT2D eigenvalue weighted by Crippen LogP contribution is 2.25. The molecule has 0 saturated carbocycles. The number of aryl methyl sites for hydroxylation is 1. The zero-order valence-corrected chi connectivity index (χ0v) is 12.1. The fraction of sp³-hybridized carbons (Fsp3) is 0.154. The van der Waals surface area contributed by atoms with Gasteiger partial charge in [-0.2, -0.15) is 0 Å². The summed E-state index contributed by atoms with van der Waals surface area (Å²) < 4.78 is 7.41. The number of aromatic nitrogens is 1. The lowest BCUT2D eigenvalue weighted by molar-refractivity contribution is 0.495. The summed E-state index contributed by atoms with van der Waals surface area (Å²) in [5.74, 6) is 0.905. The zero-order chi connectivity index (χ0) is 12.5. The van der Waals surface area contributed by atoms with E-state index in [4.69, 9.17) is 4.42 Å². The minimum Gasteiger partial charge on any atom is -0.452 e. The van der Waals surface area contributed by atoms with E-state index in [0.717, 1.165) is 26.6 Å². The van der Waals surface area contributed by atoms with Crippen LogP contribution in [-0.4, -0.2) is 4.98 Å². The molecule has 0 radical (unpaired) electrons. The summed E-state index contributed by atoms with van der Waals surface area (Å²) in [7, 11) is 0. The molecule has 0 atom stereocenters. The van der Waals surface area contributed by atoms with Gasteiger partial charge in [-0.3, -0.25) is 0 Å². The van der Waals surface area contributed by atoms with Crippen molar-refractivity contribution >= 4 is 43.2 Å². The predicted molar refractivity (Wildman–Crippen MR) is 78.1 cm³/mol. The highest BCUT2D eigenvalue weighted by atomic mass is 79.9. The Kier molecular flexibility index (Phi) is 3.09. The molecule has 3 nitrogen and oxygen atoms in total. The lowest BCUT2D eigenvalue weighted by Crippen LogP contribution is -1.97. The van der Waals surface area contributed by atoms with Crippen molar-refractivity contribution in [3.63, 3.8) is 0 Å². The minimum atomic E-state index is 0.675. The van der Waals surface area contributed by atoms with Crippen molar-refractivity contribution in [2.45, 2.75) is 13.5 Å². The predicted octanol–water partition coefficient (Wildman–Crippen LogP) is 4.57. The van der Waals surface area contributed by atoms with Gasteiger partial charge in [-0.15, -0.1) is 11.3 Å². The zero-order valence-electron chi connectivity index (χ0n) is 9.74. The summed E-state index contributed by atoms with van der Waals surface area (Å²) in [5, 5.41) is 4.43. The number of hydrogen-bond donors (Lipinski definition) is 1. The lowest BCUT2D eigenvalue weighted by atomic mass is 10.3. The van der Waals surface area contributed by atoms with Crippen LogP contribution in [-0.2, 0) is 6.54 Å². The highest BCUT2D eigenvalue weighted by molar-refractivity contribution is 9.10. The van der Waals surface area contributed by atoms with Crippen molar-refractivity contribution in [2.75, 3.05) is 5.32 Å². The SMILES string of the molecule is Cc1nc2ccc(NCc3ccc(Br)o3)cc2s1. The number of hydrogen-bond acceptors (Lipinski definition) is 4. The van der Waals surface area contributed by atoms with Crippen LogP contribution >= 0.6 is 27.3 Å². The lowest BCUT2D eigenvalue weighted by Gasteiger charge is -2.03. The summed E-state index contributed by atoms with van der Waals surface area (Å²) in [4.78, 5) is 4.44. The maximum atomic E-state index is 5.44. The molecular formula is C13H11BrN2OS. The third kappa shape index (κ3) is 2.42. The molecule has 1 N–H and O–H groups in total. The van der Waals surface area contributed by atoms with Crippen LogP contribution in [0.5, 0.6) is 0 Å². The number of nitrogens with zero attached hydrogens (tertiary/aromatic N) is 1. The number of thiazole rings is 1. The smallest absolute Gasteiger partial charge is 0.169 e. The molecule has 1 aromatic carbocycles. The largest absolute Gasteiger partial charge is 0.452 e. The Labute approximate surface area is 117 Å². The molecule has 2 aromatic heterocycles. The number of furan rings is 1. The molecule has 0 spiro atoms. The van der Waals surface area contributed by atoms with Crippen LogP contribution in [0.15, 0.2) is 39.4 Å². The minimum absolute atomic E-state index is 0.675. The number of nitrogens with one attached hydrogen (secondary N) is 1. The molecule has 18 heavy (non-hydrogen) atoms. The molecule has 0 amide bonds. The van der Waals surface area contributed by atoms with Crippen LogP contribution in [0.4, 0.5) is 5.69 Å². The summed E-state index contributed by atoms with van der Waals surface area (Å²) in [6.45, 7) is 2.70. The molecule has 0 aliphatic carbocycles. The van der Waals surface area contributed by atoms with Crippen molar-refractivity contribution < 1.29 is 4.42 Å². The number of benzene rings is 1. The number of rotatable bonds is 3. The molecule has 0 fully saturated rings.